The van der Waals surface area contributed by atoms with Crippen molar-refractivity contribution >= 4 is 23.2 Å². The van der Waals surface area contributed by atoms with Crippen LogP contribution in [0, 0.1) is 0 Å². The van der Waals surface area contributed by atoms with Crippen molar-refractivity contribution in [1.29, 1.82) is 0 Å². The standard InChI is InChI=1S/C20H21N3O2/c21-19(24)17-6-4-5-14-13-23(20(25)18(14)17)16-9-7-15(8-10-16)22-11-2-1-3-12-22/h4-10H,1-3,11-13H2,(H2,21,24). The fourth-order valence-corrected chi connectivity index (χ4v) is 3.77. The van der Waals surface area contributed by atoms with Gasteiger partial charge in [-0.05, 0) is 55.2 Å². The second-order valence-corrected chi connectivity index (χ2v) is 6.66. The Balaban J connectivity index is 1.60. The molecule has 25 heavy (non-hydrogen) atoms. The average Bonchev–Trinajstić information content (AvgIpc) is 2.99. The van der Waals surface area contributed by atoms with Crippen LogP contribution in [0.25, 0.3) is 0 Å². The first-order valence-electron chi connectivity index (χ1n) is 8.74. The number of benzene rings is 2. The number of piperidine rings is 1. The molecule has 0 radical (unpaired) electrons. The van der Waals surface area contributed by atoms with E-state index in [0.29, 0.717) is 17.7 Å². The summed E-state index contributed by atoms with van der Waals surface area (Å²) in [5, 5.41) is 0. The summed E-state index contributed by atoms with van der Waals surface area (Å²) >= 11 is 0. The van der Waals surface area contributed by atoms with E-state index in [9.17, 15) is 9.59 Å². The van der Waals surface area contributed by atoms with E-state index >= 15 is 0 Å². The normalized spacial score (nSPS) is 16.9. The molecule has 1 fully saturated rings. The van der Waals surface area contributed by atoms with Crippen LogP contribution in [-0.4, -0.2) is 24.9 Å². The van der Waals surface area contributed by atoms with Crippen LogP contribution in [0.15, 0.2) is 42.5 Å². The van der Waals surface area contributed by atoms with E-state index < -0.39 is 5.91 Å². The van der Waals surface area contributed by atoms with E-state index in [2.05, 4.69) is 17.0 Å². The first-order valence-corrected chi connectivity index (χ1v) is 8.74. The monoisotopic (exact) mass is 335 g/mol. The lowest BCUT2D eigenvalue weighted by Gasteiger charge is -2.29. The van der Waals surface area contributed by atoms with Crippen molar-refractivity contribution in [2.45, 2.75) is 25.8 Å². The number of anilines is 2. The van der Waals surface area contributed by atoms with Gasteiger partial charge in [0.15, 0.2) is 0 Å². The minimum absolute atomic E-state index is 0.157. The number of primary amides is 1. The lowest BCUT2D eigenvalue weighted by Crippen LogP contribution is -2.29. The molecule has 0 aliphatic carbocycles. The van der Waals surface area contributed by atoms with Crippen LogP contribution >= 0.6 is 0 Å². The number of rotatable bonds is 3. The number of carbonyl (C=O) groups is 2. The van der Waals surface area contributed by atoms with E-state index in [4.69, 9.17) is 5.73 Å². The summed E-state index contributed by atoms with van der Waals surface area (Å²) in [6.07, 6.45) is 3.77. The summed E-state index contributed by atoms with van der Waals surface area (Å²) in [4.78, 5) is 28.5. The Labute approximate surface area is 147 Å². The zero-order chi connectivity index (χ0) is 17.4. The lowest BCUT2D eigenvalue weighted by atomic mass is 10.0. The third-order valence-electron chi connectivity index (χ3n) is 5.09. The number of amides is 2. The van der Waals surface area contributed by atoms with Crippen molar-refractivity contribution in [1.82, 2.24) is 0 Å². The van der Waals surface area contributed by atoms with Crippen LogP contribution in [-0.2, 0) is 6.54 Å². The van der Waals surface area contributed by atoms with Crippen molar-refractivity contribution in [2.75, 3.05) is 22.9 Å². The molecule has 0 spiro atoms. The van der Waals surface area contributed by atoms with E-state index in [1.54, 1.807) is 17.0 Å². The van der Waals surface area contributed by atoms with Crippen LogP contribution in [0.5, 0.6) is 0 Å². The highest BCUT2D eigenvalue weighted by molar-refractivity contribution is 6.16. The zero-order valence-corrected chi connectivity index (χ0v) is 14.1. The van der Waals surface area contributed by atoms with Gasteiger partial charge in [-0.1, -0.05) is 12.1 Å². The first kappa shape index (κ1) is 15.7. The van der Waals surface area contributed by atoms with Gasteiger partial charge in [0.1, 0.15) is 0 Å². The van der Waals surface area contributed by atoms with Crippen LogP contribution in [0.2, 0.25) is 0 Å². The topological polar surface area (TPSA) is 66.6 Å². The summed E-state index contributed by atoms with van der Waals surface area (Å²) in [7, 11) is 0. The summed E-state index contributed by atoms with van der Waals surface area (Å²) in [5.74, 6) is -0.720. The number of hydrogen-bond acceptors (Lipinski definition) is 3. The van der Waals surface area contributed by atoms with Gasteiger partial charge in [-0.25, -0.2) is 0 Å². The smallest absolute Gasteiger partial charge is 0.259 e. The number of nitrogens with two attached hydrogens (primary N) is 1. The van der Waals surface area contributed by atoms with Crippen molar-refractivity contribution < 1.29 is 9.59 Å². The minimum atomic E-state index is -0.563. The van der Waals surface area contributed by atoms with Crippen LogP contribution in [0.1, 0.15) is 45.5 Å². The predicted octanol–water partition coefficient (Wildman–Crippen LogP) is 2.94. The number of nitrogens with zero attached hydrogens (tertiary/aromatic N) is 2. The molecule has 4 rings (SSSR count). The number of fused-ring (bicyclic) bond motifs is 1. The molecular formula is C20H21N3O2. The predicted molar refractivity (Wildman–Crippen MR) is 98.0 cm³/mol. The molecule has 2 aliphatic rings. The molecule has 0 bridgehead atoms. The Morgan fingerprint density at radius 2 is 1.60 bits per heavy atom. The molecule has 0 atom stereocenters. The SMILES string of the molecule is NC(=O)c1cccc2c1C(=O)N(c1ccc(N3CCCCC3)cc1)C2. The molecule has 0 aromatic heterocycles. The van der Waals surface area contributed by atoms with Gasteiger partial charge in [-0.2, -0.15) is 0 Å². The van der Waals surface area contributed by atoms with Crippen LogP contribution < -0.4 is 15.5 Å². The highest BCUT2D eigenvalue weighted by atomic mass is 16.2. The van der Waals surface area contributed by atoms with Gasteiger partial charge in [0.25, 0.3) is 5.91 Å². The van der Waals surface area contributed by atoms with Crippen LogP contribution in [0.3, 0.4) is 0 Å². The maximum atomic E-state index is 12.8. The Morgan fingerprint density at radius 1 is 0.920 bits per heavy atom. The summed E-state index contributed by atoms with van der Waals surface area (Å²) in [6, 6.07) is 13.4. The van der Waals surface area contributed by atoms with Gasteiger partial charge in [0, 0.05) is 24.5 Å². The molecule has 2 aliphatic heterocycles. The Kier molecular flexibility index (Phi) is 3.92. The highest BCUT2D eigenvalue weighted by Crippen LogP contribution is 2.31. The van der Waals surface area contributed by atoms with Gasteiger partial charge < -0.3 is 15.5 Å². The first-order chi connectivity index (χ1) is 12.1. The molecule has 0 unspecified atom stereocenters. The van der Waals surface area contributed by atoms with Gasteiger partial charge in [0.05, 0.1) is 17.7 Å². The molecule has 2 heterocycles. The molecule has 128 valence electrons. The molecule has 0 saturated carbocycles. The third kappa shape index (κ3) is 2.76. The lowest BCUT2D eigenvalue weighted by molar-refractivity contribution is 0.0967. The fourth-order valence-electron chi connectivity index (χ4n) is 3.77. The second kappa shape index (κ2) is 6.24. The van der Waals surface area contributed by atoms with Crippen molar-refractivity contribution in [3.63, 3.8) is 0 Å². The summed E-state index contributed by atoms with van der Waals surface area (Å²) < 4.78 is 0. The van der Waals surface area contributed by atoms with E-state index in [1.807, 2.05) is 18.2 Å². The van der Waals surface area contributed by atoms with E-state index in [1.165, 1.54) is 24.9 Å². The minimum Gasteiger partial charge on any atom is -0.372 e. The van der Waals surface area contributed by atoms with Crippen molar-refractivity contribution in [2.24, 2.45) is 5.73 Å². The molecule has 1 saturated heterocycles. The zero-order valence-electron chi connectivity index (χ0n) is 14.1. The third-order valence-corrected chi connectivity index (χ3v) is 5.09. The summed E-state index contributed by atoms with van der Waals surface area (Å²) in [6.45, 7) is 2.66. The van der Waals surface area contributed by atoms with Crippen molar-refractivity contribution in [3.05, 3.63) is 59.2 Å². The van der Waals surface area contributed by atoms with Gasteiger partial charge in [-0.3, -0.25) is 9.59 Å². The second-order valence-electron chi connectivity index (χ2n) is 6.66. The highest BCUT2D eigenvalue weighted by Gasteiger charge is 2.32. The number of hydrogen-bond donors (Lipinski definition) is 1. The molecule has 5 heteroatoms. The average molecular weight is 335 g/mol. The molecule has 2 aromatic carbocycles. The van der Waals surface area contributed by atoms with Gasteiger partial charge in [0.2, 0.25) is 5.91 Å². The van der Waals surface area contributed by atoms with Gasteiger partial charge in [-0.15, -0.1) is 0 Å². The maximum Gasteiger partial charge on any atom is 0.259 e. The maximum absolute atomic E-state index is 12.8. The molecule has 5 nitrogen and oxygen atoms in total. The Hall–Kier alpha value is -2.82. The molecule has 2 amide bonds. The molecule has 2 N–H and O–H groups in total. The van der Waals surface area contributed by atoms with Crippen LogP contribution in [0.4, 0.5) is 11.4 Å². The van der Waals surface area contributed by atoms with E-state index in [0.717, 1.165) is 24.3 Å². The summed E-state index contributed by atoms with van der Waals surface area (Å²) in [5.41, 5.74) is 9.05. The fraction of sp³-hybridized carbons (Fsp3) is 0.300. The van der Waals surface area contributed by atoms with Gasteiger partial charge >= 0.3 is 0 Å². The quantitative estimate of drug-likeness (QED) is 0.938. The Bertz CT molecular complexity index is 823. The number of carbonyl (C=O) groups excluding carboxylic acids is 2. The van der Waals surface area contributed by atoms with E-state index in [-0.39, 0.29) is 5.91 Å². The molecule has 2 aromatic rings. The largest absolute Gasteiger partial charge is 0.372 e. The Morgan fingerprint density at radius 3 is 2.28 bits per heavy atom. The molecular weight excluding hydrogens is 314 g/mol. The van der Waals surface area contributed by atoms with Crippen molar-refractivity contribution in [3.8, 4) is 0 Å².